The molecule has 0 aromatic carbocycles. The zero-order valence-electron chi connectivity index (χ0n) is 9.92. The van der Waals surface area contributed by atoms with Crippen molar-refractivity contribution in [2.75, 3.05) is 7.11 Å². The van der Waals surface area contributed by atoms with Crippen LogP contribution < -0.4 is 5.73 Å². The van der Waals surface area contributed by atoms with Crippen LogP contribution in [0.4, 0.5) is 8.78 Å². The number of nitrogens with two attached hydrogens (primary N) is 1. The third-order valence-electron chi connectivity index (χ3n) is 6.68. The minimum atomic E-state index is -2.48. The molecule has 7 aliphatic rings. The third kappa shape index (κ3) is 0.732. The van der Waals surface area contributed by atoms with Gasteiger partial charge in [-0.25, -0.2) is 8.78 Å². The fourth-order valence-electron chi connectivity index (χ4n) is 6.40. The largest absolute Gasteiger partial charge is 0.469 e. The summed E-state index contributed by atoms with van der Waals surface area (Å²) in [6, 6.07) is -0.254. The Hall–Kier alpha value is -0.710. The molecule has 7 saturated carbocycles. The lowest BCUT2D eigenvalue weighted by Gasteiger charge is -2.44. The summed E-state index contributed by atoms with van der Waals surface area (Å²) in [5.74, 6) is -3.51. The molecule has 0 aliphatic heterocycles. The van der Waals surface area contributed by atoms with Gasteiger partial charge in [-0.3, -0.25) is 4.79 Å². The number of carbonyl (C=O) groups is 1. The molecule has 0 aromatic rings. The lowest BCUT2D eigenvalue weighted by atomic mass is 9.62. The standard InChI is InChI=1S/C13H15F2NO2/c1-18-12(17)8-2-3-5-7(11(8)16)6-4(2)10(6)13(14,15)9(3)5/h2-11H,16H2,1H3. The van der Waals surface area contributed by atoms with Gasteiger partial charge in [0.1, 0.15) is 0 Å². The number of hydrogen-bond acceptors (Lipinski definition) is 3. The van der Waals surface area contributed by atoms with Gasteiger partial charge >= 0.3 is 5.97 Å². The van der Waals surface area contributed by atoms with Crippen molar-refractivity contribution in [2.45, 2.75) is 12.0 Å². The number of ether oxygens (including phenoxy) is 1. The van der Waals surface area contributed by atoms with Crippen molar-refractivity contribution < 1.29 is 18.3 Å². The van der Waals surface area contributed by atoms with Crippen LogP contribution in [0.5, 0.6) is 0 Å². The second-order valence-electron chi connectivity index (χ2n) is 6.82. The van der Waals surface area contributed by atoms with E-state index in [1.165, 1.54) is 7.11 Å². The first-order valence-corrected chi connectivity index (χ1v) is 6.73. The number of fused-ring (bicyclic) bond motifs is 1. The van der Waals surface area contributed by atoms with Crippen LogP contribution in [0.15, 0.2) is 0 Å². The fourth-order valence-corrected chi connectivity index (χ4v) is 6.40. The molecular formula is C13H15F2NO2. The average molecular weight is 255 g/mol. The van der Waals surface area contributed by atoms with Gasteiger partial charge in [0.15, 0.2) is 0 Å². The average Bonchev–Trinajstić information content (AvgIpc) is 3.17. The predicted molar refractivity (Wildman–Crippen MR) is 56.3 cm³/mol. The quantitative estimate of drug-likeness (QED) is 0.703. The van der Waals surface area contributed by atoms with Gasteiger partial charge < -0.3 is 10.5 Å². The molecule has 8 bridgehead atoms. The lowest BCUT2D eigenvalue weighted by molar-refractivity contribution is -0.154. The number of halogens is 2. The summed E-state index contributed by atoms with van der Waals surface area (Å²) in [5.41, 5.74) is 6.20. The molecule has 3 nitrogen and oxygen atoms in total. The van der Waals surface area contributed by atoms with Crippen LogP contribution in [0.3, 0.4) is 0 Å². The van der Waals surface area contributed by atoms with E-state index < -0.39 is 17.8 Å². The van der Waals surface area contributed by atoms with Crippen molar-refractivity contribution in [3.05, 3.63) is 0 Å². The van der Waals surface area contributed by atoms with Crippen LogP contribution in [-0.4, -0.2) is 25.0 Å². The Morgan fingerprint density at radius 2 is 1.56 bits per heavy atom. The molecule has 8 atom stereocenters. The molecule has 18 heavy (non-hydrogen) atoms. The van der Waals surface area contributed by atoms with Crippen molar-refractivity contribution in [1.29, 1.82) is 0 Å². The van der Waals surface area contributed by atoms with Gasteiger partial charge in [0.05, 0.1) is 13.0 Å². The Labute approximate surface area is 103 Å². The van der Waals surface area contributed by atoms with Gasteiger partial charge in [0, 0.05) is 17.9 Å². The highest BCUT2D eigenvalue weighted by molar-refractivity contribution is 5.75. The molecule has 0 saturated heterocycles. The zero-order chi connectivity index (χ0) is 12.6. The number of rotatable bonds is 1. The Balaban J connectivity index is 1.62. The first-order valence-electron chi connectivity index (χ1n) is 6.73. The summed E-state index contributed by atoms with van der Waals surface area (Å²) in [7, 11) is 1.36. The molecule has 5 heteroatoms. The van der Waals surface area contributed by atoms with Crippen LogP contribution in [0.25, 0.3) is 0 Å². The molecule has 0 heterocycles. The van der Waals surface area contributed by atoms with E-state index in [-0.39, 0.29) is 53.4 Å². The summed E-state index contributed by atoms with van der Waals surface area (Å²) in [5, 5.41) is 0. The molecule has 7 aliphatic carbocycles. The molecule has 0 aromatic heterocycles. The maximum Gasteiger partial charge on any atom is 0.310 e. The first kappa shape index (κ1) is 10.1. The van der Waals surface area contributed by atoms with Crippen LogP contribution in [-0.2, 0) is 9.53 Å². The molecule has 8 unspecified atom stereocenters. The number of hydrogen-bond donors (Lipinski definition) is 1. The predicted octanol–water partition coefficient (Wildman–Crippen LogP) is 0.736. The maximum atomic E-state index is 14.1. The Kier molecular flexibility index (Phi) is 1.39. The van der Waals surface area contributed by atoms with E-state index in [1.807, 2.05) is 0 Å². The summed E-state index contributed by atoms with van der Waals surface area (Å²) >= 11 is 0. The van der Waals surface area contributed by atoms with E-state index in [9.17, 15) is 13.6 Å². The molecular weight excluding hydrogens is 240 g/mol. The van der Waals surface area contributed by atoms with Gasteiger partial charge in [-0.15, -0.1) is 0 Å². The Morgan fingerprint density at radius 1 is 1.06 bits per heavy atom. The van der Waals surface area contributed by atoms with Gasteiger partial charge in [-0.05, 0) is 35.5 Å². The highest BCUT2D eigenvalue weighted by Gasteiger charge is 2.93. The second-order valence-corrected chi connectivity index (χ2v) is 6.82. The van der Waals surface area contributed by atoms with Gasteiger partial charge in [-0.2, -0.15) is 0 Å². The van der Waals surface area contributed by atoms with Crippen LogP contribution >= 0.6 is 0 Å². The summed E-state index contributed by atoms with van der Waals surface area (Å²) in [6.07, 6.45) is 0. The summed E-state index contributed by atoms with van der Waals surface area (Å²) in [4.78, 5) is 11.9. The van der Waals surface area contributed by atoms with E-state index in [0.717, 1.165) is 0 Å². The molecule has 0 spiro atoms. The van der Waals surface area contributed by atoms with E-state index in [1.54, 1.807) is 0 Å². The van der Waals surface area contributed by atoms with E-state index in [4.69, 9.17) is 10.5 Å². The number of methoxy groups -OCH3 is 1. The SMILES string of the molecule is COC(=O)C1C(N)C2C3C4C1C1C2C1C(F)(F)C34. The Morgan fingerprint density at radius 3 is 2.06 bits per heavy atom. The van der Waals surface area contributed by atoms with Crippen molar-refractivity contribution >= 4 is 5.97 Å². The second kappa shape index (κ2) is 2.47. The maximum absolute atomic E-state index is 14.1. The van der Waals surface area contributed by atoms with Crippen molar-refractivity contribution in [2.24, 2.45) is 59.0 Å². The van der Waals surface area contributed by atoms with E-state index >= 15 is 0 Å². The third-order valence-corrected chi connectivity index (χ3v) is 6.68. The lowest BCUT2D eigenvalue weighted by Crippen LogP contribution is -2.55. The normalized spacial score (nSPS) is 67.6. The van der Waals surface area contributed by atoms with Crippen LogP contribution in [0, 0.1) is 53.3 Å². The van der Waals surface area contributed by atoms with Crippen molar-refractivity contribution in [3.8, 4) is 0 Å². The highest BCUT2D eigenvalue weighted by Crippen LogP contribution is 2.89. The zero-order valence-corrected chi connectivity index (χ0v) is 9.92. The number of alkyl halides is 2. The number of carbonyl (C=O) groups excluding carboxylic acids is 1. The van der Waals surface area contributed by atoms with Gasteiger partial charge in [0.2, 0.25) is 0 Å². The van der Waals surface area contributed by atoms with Crippen LogP contribution in [0.1, 0.15) is 0 Å². The molecule has 0 radical (unpaired) electrons. The number of esters is 1. The monoisotopic (exact) mass is 255 g/mol. The summed E-state index contributed by atoms with van der Waals surface area (Å²) in [6.45, 7) is 0. The molecule has 7 rings (SSSR count). The molecule has 2 N–H and O–H groups in total. The van der Waals surface area contributed by atoms with Crippen molar-refractivity contribution in [3.63, 3.8) is 0 Å². The fraction of sp³-hybridized carbons (Fsp3) is 0.923. The van der Waals surface area contributed by atoms with Gasteiger partial charge in [0.25, 0.3) is 5.92 Å². The molecule has 98 valence electrons. The van der Waals surface area contributed by atoms with E-state index in [2.05, 4.69) is 0 Å². The first-order chi connectivity index (χ1) is 8.51. The minimum Gasteiger partial charge on any atom is -0.469 e. The minimum absolute atomic E-state index is 0.0499. The Bertz CT molecular complexity index is 456. The van der Waals surface area contributed by atoms with E-state index in [0.29, 0.717) is 0 Å². The van der Waals surface area contributed by atoms with Gasteiger partial charge in [-0.1, -0.05) is 0 Å². The smallest absolute Gasteiger partial charge is 0.310 e. The topological polar surface area (TPSA) is 52.3 Å². The molecule has 0 amide bonds. The van der Waals surface area contributed by atoms with Crippen LogP contribution in [0.2, 0.25) is 0 Å². The highest BCUT2D eigenvalue weighted by atomic mass is 19.3. The molecule has 7 fully saturated rings. The van der Waals surface area contributed by atoms with Crippen molar-refractivity contribution in [1.82, 2.24) is 0 Å². The summed E-state index contributed by atoms with van der Waals surface area (Å²) < 4.78 is 33.1.